The van der Waals surface area contributed by atoms with Gasteiger partial charge < -0.3 is 14.1 Å². The van der Waals surface area contributed by atoms with Crippen LogP contribution in [0, 0.1) is 0 Å². The molecule has 29 heavy (non-hydrogen) atoms. The Kier molecular flexibility index (Phi) is 6.80. The molecule has 2 aliphatic rings. The number of likely N-dealkylation sites (tertiary alicyclic amines) is 1. The summed E-state index contributed by atoms with van der Waals surface area (Å²) in [6.45, 7) is 1.29. The van der Waals surface area contributed by atoms with Crippen LogP contribution >= 0.6 is 11.8 Å². The van der Waals surface area contributed by atoms with Gasteiger partial charge in [-0.2, -0.15) is 11.8 Å². The number of nitrogens with zero attached hydrogens (tertiary/aromatic N) is 1. The zero-order valence-electron chi connectivity index (χ0n) is 16.9. The maximum atomic E-state index is 12.8. The molecule has 1 aromatic carbocycles. The van der Waals surface area contributed by atoms with E-state index in [0.29, 0.717) is 10.8 Å². The third-order valence-corrected chi connectivity index (χ3v) is 7.33. The highest BCUT2D eigenvalue weighted by molar-refractivity contribution is 7.99. The number of para-hydroxylation sites is 1. The van der Waals surface area contributed by atoms with Crippen LogP contribution in [0.4, 0.5) is 0 Å². The summed E-state index contributed by atoms with van der Waals surface area (Å²) in [6, 6.07) is 7.73. The number of piperidine rings is 1. The number of carbonyl (C=O) groups excluding carboxylic acids is 2. The molecule has 156 valence electrons. The van der Waals surface area contributed by atoms with Gasteiger partial charge in [0, 0.05) is 35.0 Å². The Morgan fingerprint density at radius 2 is 1.76 bits per heavy atom. The van der Waals surface area contributed by atoms with Crippen molar-refractivity contribution in [3.8, 4) is 0 Å². The van der Waals surface area contributed by atoms with Crippen LogP contribution in [-0.4, -0.2) is 41.7 Å². The molecule has 0 bridgehead atoms. The molecule has 4 rings (SSSR count). The first kappa shape index (κ1) is 20.3. The summed E-state index contributed by atoms with van der Waals surface area (Å²) in [4.78, 5) is 26.9. The summed E-state index contributed by atoms with van der Waals surface area (Å²) in [7, 11) is 0. The number of hydrogen-bond acceptors (Lipinski definition) is 5. The van der Waals surface area contributed by atoms with Crippen molar-refractivity contribution in [2.24, 2.45) is 0 Å². The molecule has 2 heterocycles. The number of furan rings is 1. The first-order valence-electron chi connectivity index (χ1n) is 10.8. The predicted molar refractivity (Wildman–Crippen MR) is 115 cm³/mol. The summed E-state index contributed by atoms with van der Waals surface area (Å²) in [5.74, 6) is 0.325. The molecule has 0 atom stereocenters. The van der Waals surface area contributed by atoms with Gasteiger partial charge in [-0.3, -0.25) is 4.79 Å². The third-order valence-electron chi connectivity index (χ3n) is 5.93. The average Bonchev–Trinajstić information content (AvgIpc) is 3.16. The van der Waals surface area contributed by atoms with Crippen LogP contribution in [0.1, 0.15) is 67.5 Å². The highest BCUT2D eigenvalue weighted by Crippen LogP contribution is 2.35. The standard InChI is InChI=1S/C23H29NO4S/c25-21(24-13-7-2-8-14-24)15-27-23(26)22-19(16-29-17-9-3-1-4-10-17)18-11-5-6-12-20(18)28-22/h5-6,11-12,17H,1-4,7-10,13-16H2. The zero-order valence-corrected chi connectivity index (χ0v) is 17.7. The fourth-order valence-corrected chi connectivity index (χ4v) is 5.62. The number of carbonyl (C=O) groups is 2. The van der Waals surface area contributed by atoms with Crippen molar-refractivity contribution >= 4 is 34.6 Å². The van der Waals surface area contributed by atoms with E-state index in [1.165, 1.54) is 32.1 Å². The van der Waals surface area contributed by atoms with Gasteiger partial charge in [0.05, 0.1) is 0 Å². The first-order valence-corrected chi connectivity index (χ1v) is 11.8. The Hall–Kier alpha value is -1.95. The number of hydrogen-bond donors (Lipinski definition) is 0. The molecule has 0 N–H and O–H groups in total. The lowest BCUT2D eigenvalue weighted by molar-refractivity contribution is -0.135. The Labute approximate surface area is 176 Å². The van der Waals surface area contributed by atoms with Gasteiger partial charge in [0.2, 0.25) is 5.76 Å². The van der Waals surface area contributed by atoms with Gasteiger partial charge in [-0.25, -0.2) is 4.79 Å². The van der Waals surface area contributed by atoms with E-state index in [2.05, 4.69) is 0 Å². The highest BCUT2D eigenvalue weighted by Gasteiger charge is 2.25. The van der Waals surface area contributed by atoms with Crippen LogP contribution in [0.5, 0.6) is 0 Å². The number of rotatable bonds is 6. The van der Waals surface area contributed by atoms with Crippen molar-refractivity contribution in [1.82, 2.24) is 4.90 Å². The van der Waals surface area contributed by atoms with Crippen molar-refractivity contribution < 1.29 is 18.7 Å². The van der Waals surface area contributed by atoms with Gasteiger partial charge in [-0.1, -0.05) is 37.5 Å². The second-order valence-corrected chi connectivity index (χ2v) is 9.28. The van der Waals surface area contributed by atoms with E-state index in [4.69, 9.17) is 9.15 Å². The van der Waals surface area contributed by atoms with E-state index in [-0.39, 0.29) is 18.3 Å². The molecule has 1 saturated carbocycles. The van der Waals surface area contributed by atoms with Gasteiger partial charge in [-0.05, 0) is 38.2 Å². The summed E-state index contributed by atoms with van der Waals surface area (Å²) in [6.07, 6.45) is 9.58. The monoisotopic (exact) mass is 415 g/mol. The largest absolute Gasteiger partial charge is 0.450 e. The zero-order chi connectivity index (χ0) is 20.1. The van der Waals surface area contributed by atoms with Crippen LogP contribution in [-0.2, 0) is 15.3 Å². The van der Waals surface area contributed by atoms with Gasteiger partial charge in [0.15, 0.2) is 6.61 Å². The lowest BCUT2D eigenvalue weighted by Crippen LogP contribution is -2.38. The number of esters is 1. The Morgan fingerprint density at radius 1 is 1.03 bits per heavy atom. The summed E-state index contributed by atoms with van der Waals surface area (Å²) >= 11 is 1.91. The topological polar surface area (TPSA) is 59.8 Å². The summed E-state index contributed by atoms with van der Waals surface area (Å²) in [5, 5.41) is 1.60. The minimum Gasteiger partial charge on any atom is -0.450 e. The fourth-order valence-electron chi connectivity index (χ4n) is 4.27. The van der Waals surface area contributed by atoms with Crippen LogP contribution in [0.25, 0.3) is 11.0 Å². The van der Waals surface area contributed by atoms with Gasteiger partial charge in [-0.15, -0.1) is 0 Å². The van der Waals surface area contributed by atoms with E-state index in [1.54, 1.807) is 4.90 Å². The smallest absolute Gasteiger partial charge is 0.375 e. The van der Waals surface area contributed by atoms with Crippen LogP contribution < -0.4 is 0 Å². The van der Waals surface area contributed by atoms with E-state index in [9.17, 15) is 9.59 Å². The van der Waals surface area contributed by atoms with E-state index >= 15 is 0 Å². The van der Waals surface area contributed by atoms with Crippen LogP contribution in [0.2, 0.25) is 0 Å². The van der Waals surface area contributed by atoms with E-state index in [0.717, 1.165) is 49.1 Å². The molecule has 6 heteroatoms. The van der Waals surface area contributed by atoms with E-state index < -0.39 is 5.97 Å². The molecule has 0 unspecified atom stereocenters. The Morgan fingerprint density at radius 3 is 2.55 bits per heavy atom. The second-order valence-electron chi connectivity index (χ2n) is 7.99. The molecule has 1 aliphatic heterocycles. The number of ether oxygens (including phenoxy) is 1. The molecule has 1 saturated heterocycles. The van der Waals surface area contributed by atoms with Crippen LogP contribution in [0.15, 0.2) is 28.7 Å². The average molecular weight is 416 g/mol. The maximum absolute atomic E-state index is 12.8. The second kappa shape index (κ2) is 9.70. The Balaban J connectivity index is 1.45. The van der Waals surface area contributed by atoms with Gasteiger partial charge >= 0.3 is 5.97 Å². The molecule has 2 aromatic rings. The lowest BCUT2D eigenvalue weighted by atomic mass is 10.0. The molecule has 1 aliphatic carbocycles. The van der Waals surface area contributed by atoms with Gasteiger partial charge in [0.25, 0.3) is 5.91 Å². The van der Waals surface area contributed by atoms with Crippen molar-refractivity contribution in [2.75, 3.05) is 19.7 Å². The quantitative estimate of drug-likeness (QED) is 0.609. The van der Waals surface area contributed by atoms with Crippen LogP contribution in [0.3, 0.4) is 0 Å². The first-order chi connectivity index (χ1) is 14.2. The summed E-state index contributed by atoms with van der Waals surface area (Å²) in [5.41, 5.74) is 1.59. The molecule has 1 aromatic heterocycles. The highest BCUT2D eigenvalue weighted by atomic mass is 32.2. The third kappa shape index (κ3) is 4.97. The number of benzene rings is 1. The van der Waals surface area contributed by atoms with Crippen molar-refractivity contribution in [3.63, 3.8) is 0 Å². The molecule has 1 amide bonds. The number of amides is 1. The molecule has 0 spiro atoms. The predicted octanol–water partition coefficient (Wildman–Crippen LogP) is 5.17. The van der Waals surface area contributed by atoms with E-state index in [1.807, 2.05) is 36.0 Å². The molecular weight excluding hydrogens is 386 g/mol. The minimum atomic E-state index is -0.536. The number of thioether (sulfide) groups is 1. The minimum absolute atomic E-state index is 0.118. The van der Waals surface area contributed by atoms with Crippen molar-refractivity contribution in [2.45, 2.75) is 62.4 Å². The molecular formula is C23H29NO4S. The SMILES string of the molecule is O=C(OCC(=O)N1CCCCC1)c1oc2ccccc2c1CSC1CCCCC1. The molecule has 0 radical (unpaired) electrons. The summed E-state index contributed by atoms with van der Waals surface area (Å²) < 4.78 is 11.2. The van der Waals surface area contributed by atoms with Gasteiger partial charge in [0.1, 0.15) is 5.58 Å². The molecule has 2 fully saturated rings. The maximum Gasteiger partial charge on any atom is 0.375 e. The number of fused-ring (bicyclic) bond motifs is 1. The van der Waals surface area contributed by atoms with Crippen molar-refractivity contribution in [3.05, 3.63) is 35.6 Å². The van der Waals surface area contributed by atoms with Crippen molar-refractivity contribution in [1.29, 1.82) is 0 Å². The molecule has 5 nitrogen and oxygen atoms in total. The normalized spacial score (nSPS) is 18.1. The fraction of sp³-hybridized carbons (Fsp3) is 0.565. The lowest BCUT2D eigenvalue weighted by Gasteiger charge is -2.26. The Bertz CT molecular complexity index is 850.